The zero-order valence-corrected chi connectivity index (χ0v) is 24.5. The third-order valence-corrected chi connectivity index (χ3v) is 8.73. The van der Waals surface area contributed by atoms with E-state index >= 15 is 0 Å². The van der Waals surface area contributed by atoms with E-state index in [1.165, 1.54) is 11.1 Å². The number of para-hydroxylation sites is 2. The first-order valence-electron chi connectivity index (χ1n) is 15.3. The number of furan rings is 1. The summed E-state index contributed by atoms with van der Waals surface area (Å²) in [4.78, 5) is 4.74. The van der Waals surface area contributed by atoms with Gasteiger partial charge in [-0.2, -0.15) is 0 Å². The summed E-state index contributed by atoms with van der Waals surface area (Å²) in [5.74, 6) is 0. The fourth-order valence-electron chi connectivity index (χ4n) is 6.72. The van der Waals surface area contributed by atoms with Crippen molar-refractivity contribution in [3.8, 4) is 22.3 Å². The molecule has 0 atom stereocenters. The van der Waals surface area contributed by atoms with Crippen LogP contribution in [0.5, 0.6) is 0 Å². The first kappa shape index (κ1) is 25.4. The Labute approximate surface area is 261 Å². The quantitative estimate of drug-likeness (QED) is 0.208. The predicted molar refractivity (Wildman–Crippen MR) is 188 cm³/mol. The molecule has 0 saturated carbocycles. The maximum atomic E-state index is 6.53. The minimum absolute atomic E-state index is 0.871. The zero-order chi connectivity index (χ0) is 29.7. The summed E-state index contributed by atoms with van der Waals surface area (Å²) < 4.78 is 6.53. The van der Waals surface area contributed by atoms with Gasteiger partial charge in [-0.1, -0.05) is 103 Å². The van der Waals surface area contributed by atoms with Crippen molar-refractivity contribution in [2.45, 2.75) is 0 Å². The van der Waals surface area contributed by atoms with Gasteiger partial charge in [-0.3, -0.25) is 0 Å². The van der Waals surface area contributed by atoms with Crippen LogP contribution in [-0.2, 0) is 0 Å². The van der Waals surface area contributed by atoms with Crippen molar-refractivity contribution < 1.29 is 4.42 Å². The van der Waals surface area contributed by atoms with E-state index in [9.17, 15) is 0 Å². The van der Waals surface area contributed by atoms with Crippen molar-refractivity contribution in [2.75, 3.05) is 9.80 Å². The van der Waals surface area contributed by atoms with Crippen LogP contribution in [0.25, 0.3) is 44.2 Å². The van der Waals surface area contributed by atoms with Crippen molar-refractivity contribution in [3.05, 3.63) is 170 Å². The number of hydrogen-bond donors (Lipinski definition) is 0. The van der Waals surface area contributed by atoms with E-state index in [1.807, 2.05) is 0 Å². The highest BCUT2D eigenvalue weighted by molar-refractivity contribution is 6.19. The van der Waals surface area contributed by atoms with E-state index in [0.717, 1.165) is 67.2 Å². The Hall–Kier alpha value is -6.06. The molecule has 8 aromatic rings. The molecule has 212 valence electrons. The van der Waals surface area contributed by atoms with Gasteiger partial charge in [0.25, 0.3) is 0 Å². The van der Waals surface area contributed by atoms with E-state index < -0.39 is 0 Å². The summed E-state index contributed by atoms with van der Waals surface area (Å²) in [6.07, 6.45) is 0. The second-order valence-electron chi connectivity index (χ2n) is 11.4. The molecule has 2 bridgehead atoms. The van der Waals surface area contributed by atoms with Crippen molar-refractivity contribution in [1.29, 1.82) is 0 Å². The van der Waals surface area contributed by atoms with Gasteiger partial charge in [0.1, 0.15) is 11.2 Å². The molecular formula is C42H28N2O. The van der Waals surface area contributed by atoms with Gasteiger partial charge in [-0.25, -0.2) is 0 Å². The fraction of sp³-hybridized carbons (Fsp3) is 0. The van der Waals surface area contributed by atoms with E-state index in [0.29, 0.717) is 0 Å². The van der Waals surface area contributed by atoms with Crippen LogP contribution in [-0.4, -0.2) is 0 Å². The standard InChI is InChI=1S/C42H28N2O/c1-4-12-29(13-5-1)30-22-24-31(25-23-30)32-26-35-28-36(27-32)44(34-16-8-3-9-17-34)38-19-11-21-40-42(38)41-37(18-10-20-39(41)45-40)43(35)33-14-6-2-7-15-33/h1-28H. The molecular weight excluding hydrogens is 548 g/mol. The van der Waals surface area contributed by atoms with Crippen LogP contribution in [0.15, 0.2) is 174 Å². The van der Waals surface area contributed by atoms with Gasteiger partial charge in [0.2, 0.25) is 0 Å². The molecule has 0 amide bonds. The SMILES string of the molecule is c1ccc(-c2ccc(-c3cc4cc(c3)N(c3ccccc3)c3cccc5oc6cccc(c6c35)N4c3ccccc3)cc2)cc1. The summed E-state index contributed by atoms with van der Waals surface area (Å²) in [6, 6.07) is 60.4. The number of hydrogen-bond acceptors (Lipinski definition) is 3. The van der Waals surface area contributed by atoms with Gasteiger partial charge in [0.15, 0.2) is 0 Å². The molecule has 45 heavy (non-hydrogen) atoms. The van der Waals surface area contributed by atoms with Gasteiger partial charge < -0.3 is 14.2 Å². The molecule has 9 rings (SSSR count). The Kier molecular flexibility index (Phi) is 5.82. The van der Waals surface area contributed by atoms with Crippen LogP contribution in [0.4, 0.5) is 34.1 Å². The first-order valence-corrected chi connectivity index (χ1v) is 15.3. The molecule has 0 spiro atoms. The molecule has 2 heterocycles. The highest BCUT2D eigenvalue weighted by Gasteiger charge is 2.27. The number of rotatable bonds is 4. The van der Waals surface area contributed by atoms with Crippen LogP contribution in [0, 0.1) is 0 Å². The summed E-state index contributed by atoms with van der Waals surface area (Å²) >= 11 is 0. The second kappa shape index (κ2) is 10.3. The van der Waals surface area contributed by atoms with Crippen LogP contribution in [0.1, 0.15) is 0 Å². The average molecular weight is 577 g/mol. The van der Waals surface area contributed by atoms with Crippen molar-refractivity contribution >= 4 is 56.1 Å². The number of benzene rings is 7. The Morgan fingerprint density at radius 2 is 0.733 bits per heavy atom. The van der Waals surface area contributed by atoms with Gasteiger partial charge in [0, 0.05) is 22.7 Å². The zero-order valence-electron chi connectivity index (χ0n) is 24.5. The van der Waals surface area contributed by atoms with Gasteiger partial charge in [-0.15, -0.1) is 0 Å². The Bertz CT molecular complexity index is 2190. The normalized spacial score (nSPS) is 12.4. The topological polar surface area (TPSA) is 19.6 Å². The Balaban J connectivity index is 1.36. The molecule has 0 fully saturated rings. The largest absolute Gasteiger partial charge is 0.456 e. The van der Waals surface area contributed by atoms with Crippen LogP contribution < -0.4 is 9.80 Å². The molecule has 0 aliphatic carbocycles. The van der Waals surface area contributed by atoms with Crippen LogP contribution >= 0.6 is 0 Å². The van der Waals surface area contributed by atoms with Crippen molar-refractivity contribution in [1.82, 2.24) is 0 Å². The van der Waals surface area contributed by atoms with Gasteiger partial charge >= 0.3 is 0 Å². The third kappa shape index (κ3) is 4.21. The van der Waals surface area contributed by atoms with E-state index in [4.69, 9.17) is 4.42 Å². The molecule has 0 radical (unpaired) electrons. The lowest BCUT2D eigenvalue weighted by molar-refractivity contribution is 0.669. The smallest absolute Gasteiger partial charge is 0.137 e. The lowest BCUT2D eigenvalue weighted by atomic mass is 9.99. The van der Waals surface area contributed by atoms with E-state index in [-0.39, 0.29) is 0 Å². The fourth-order valence-corrected chi connectivity index (χ4v) is 6.72. The monoisotopic (exact) mass is 576 g/mol. The number of fused-ring (bicyclic) bond motifs is 2. The van der Waals surface area contributed by atoms with Gasteiger partial charge in [0.05, 0.1) is 22.1 Å². The molecule has 1 aromatic heterocycles. The van der Waals surface area contributed by atoms with Crippen molar-refractivity contribution in [3.63, 3.8) is 0 Å². The minimum atomic E-state index is 0.871. The first-order chi connectivity index (χ1) is 22.3. The molecule has 0 unspecified atom stereocenters. The van der Waals surface area contributed by atoms with Gasteiger partial charge in [-0.05, 0) is 89.0 Å². The summed E-state index contributed by atoms with van der Waals surface area (Å²) in [6.45, 7) is 0. The molecule has 0 N–H and O–H groups in total. The minimum Gasteiger partial charge on any atom is -0.456 e. The lowest BCUT2D eigenvalue weighted by Crippen LogP contribution is -2.12. The lowest BCUT2D eigenvalue weighted by Gasteiger charge is -2.29. The van der Waals surface area contributed by atoms with Crippen molar-refractivity contribution in [2.24, 2.45) is 0 Å². The molecule has 7 aromatic carbocycles. The molecule has 3 nitrogen and oxygen atoms in total. The maximum absolute atomic E-state index is 6.53. The summed E-state index contributed by atoms with van der Waals surface area (Å²) in [7, 11) is 0. The maximum Gasteiger partial charge on any atom is 0.137 e. The summed E-state index contributed by atoms with van der Waals surface area (Å²) in [5, 5.41) is 2.20. The average Bonchev–Trinajstić information content (AvgIpc) is 3.51. The molecule has 1 aliphatic heterocycles. The third-order valence-electron chi connectivity index (χ3n) is 8.73. The number of nitrogens with zero attached hydrogens (tertiary/aromatic N) is 2. The van der Waals surface area contributed by atoms with E-state index in [1.54, 1.807) is 0 Å². The van der Waals surface area contributed by atoms with E-state index in [2.05, 4.69) is 180 Å². The summed E-state index contributed by atoms with van der Waals surface area (Å²) in [5.41, 5.74) is 13.0. The highest BCUT2D eigenvalue weighted by atomic mass is 16.3. The molecule has 0 saturated heterocycles. The molecule has 3 heteroatoms. The molecule has 1 aliphatic rings. The Morgan fingerprint density at radius 1 is 0.311 bits per heavy atom. The predicted octanol–water partition coefficient (Wildman–Crippen LogP) is 12.2. The van der Waals surface area contributed by atoms with Crippen LogP contribution in [0.2, 0.25) is 0 Å². The Morgan fingerprint density at radius 3 is 1.22 bits per heavy atom. The highest BCUT2D eigenvalue weighted by Crippen LogP contribution is 2.51. The number of anilines is 6. The second-order valence-corrected chi connectivity index (χ2v) is 11.4. The van der Waals surface area contributed by atoms with Crippen LogP contribution in [0.3, 0.4) is 0 Å².